The highest BCUT2D eigenvalue weighted by molar-refractivity contribution is 5.88. The lowest BCUT2D eigenvalue weighted by atomic mass is 10.0. The number of carbonyl (C=O) groups is 1. The van der Waals surface area contributed by atoms with Crippen molar-refractivity contribution in [1.29, 1.82) is 0 Å². The van der Waals surface area contributed by atoms with Crippen LogP contribution in [0.2, 0.25) is 0 Å². The number of rotatable bonds is 2. The van der Waals surface area contributed by atoms with Gasteiger partial charge in [-0.3, -0.25) is 5.10 Å². The molecule has 0 saturated heterocycles. The smallest absolute Gasteiger partial charge is 0.354 e. The van der Waals surface area contributed by atoms with Gasteiger partial charge < -0.3 is 5.11 Å². The zero-order chi connectivity index (χ0) is 13.4. The number of nitrogens with one attached hydrogen (secondary N) is 1. The predicted molar refractivity (Wildman–Crippen MR) is 71.0 cm³/mol. The van der Waals surface area contributed by atoms with Gasteiger partial charge in [0.15, 0.2) is 0 Å². The largest absolute Gasteiger partial charge is 0.477 e. The molecule has 94 valence electrons. The summed E-state index contributed by atoms with van der Waals surface area (Å²) in [5.41, 5.74) is 4.03. The SMILES string of the molecule is Cc1cc(-c2ccc(C(=O)O)nc2)cc2cn[nH]c12. The number of hydrogen-bond donors (Lipinski definition) is 2. The summed E-state index contributed by atoms with van der Waals surface area (Å²) >= 11 is 0. The summed E-state index contributed by atoms with van der Waals surface area (Å²) in [5.74, 6) is -1.02. The van der Waals surface area contributed by atoms with Gasteiger partial charge in [0.2, 0.25) is 0 Å². The molecule has 5 heteroatoms. The maximum Gasteiger partial charge on any atom is 0.354 e. The third-order valence-electron chi connectivity index (χ3n) is 3.06. The van der Waals surface area contributed by atoms with Crippen LogP contribution in [-0.2, 0) is 0 Å². The molecule has 0 fully saturated rings. The molecule has 0 aliphatic rings. The van der Waals surface area contributed by atoms with Crippen LogP contribution in [0.15, 0.2) is 36.7 Å². The Balaban J connectivity index is 2.10. The van der Waals surface area contributed by atoms with Gasteiger partial charge in [-0.1, -0.05) is 6.07 Å². The molecule has 0 radical (unpaired) electrons. The predicted octanol–water partition coefficient (Wildman–Crippen LogP) is 2.63. The van der Waals surface area contributed by atoms with E-state index in [1.807, 2.05) is 19.1 Å². The number of pyridine rings is 1. The first-order valence-electron chi connectivity index (χ1n) is 5.78. The number of aromatic carboxylic acids is 1. The lowest BCUT2D eigenvalue weighted by molar-refractivity contribution is 0.0690. The molecule has 2 N–H and O–H groups in total. The molecule has 0 aliphatic carbocycles. The highest BCUT2D eigenvalue weighted by Gasteiger charge is 2.07. The van der Waals surface area contributed by atoms with Gasteiger partial charge in [-0.15, -0.1) is 0 Å². The first-order chi connectivity index (χ1) is 9.15. The molecule has 0 saturated carbocycles. The van der Waals surface area contributed by atoms with Gasteiger partial charge in [-0.25, -0.2) is 9.78 Å². The number of aryl methyl sites for hydroxylation is 1. The number of carboxylic acid groups (broad SMARTS) is 1. The molecular weight excluding hydrogens is 242 g/mol. The van der Waals surface area contributed by atoms with Gasteiger partial charge in [0.25, 0.3) is 0 Å². The van der Waals surface area contributed by atoms with E-state index in [-0.39, 0.29) is 5.69 Å². The quantitative estimate of drug-likeness (QED) is 0.735. The zero-order valence-electron chi connectivity index (χ0n) is 10.2. The van der Waals surface area contributed by atoms with Crippen molar-refractivity contribution in [2.45, 2.75) is 6.92 Å². The molecule has 2 heterocycles. The van der Waals surface area contributed by atoms with Crippen molar-refractivity contribution in [2.75, 3.05) is 0 Å². The van der Waals surface area contributed by atoms with Crippen molar-refractivity contribution < 1.29 is 9.90 Å². The van der Waals surface area contributed by atoms with Crippen molar-refractivity contribution in [3.63, 3.8) is 0 Å². The number of aromatic amines is 1. The van der Waals surface area contributed by atoms with Gasteiger partial charge in [0.05, 0.1) is 11.7 Å². The summed E-state index contributed by atoms with van der Waals surface area (Å²) in [7, 11) is 0. The van der Waals surface area contributed by atoms with E-state index >= 15 is 0 Å². The summed E-state index contributed by atoms with van der Waals surface area (Å²) < 4.78 is 0. The summed E-state index contributed by atoms with van der Waals surface area (Å²) in [6.45, 7) is 2.00. The minimum atomic E-state index is -1.02. The number of carboxylic acids is 1. The summed E-state index contributed by atoms with van der Waals surface area (Å²) in [5, 5.41) is 16.8. The number of hydrogen-bond acceptors (Lipinski definition) is 3. The first-order valence-corrected chi connectivity index (χ1v) is 5.78. The summed E-state index contributed by atoms with van der Waals surface area (Å²) in [6.07, 6.45) is 3.34. The van der Waals surface area contributed by atoms with E-state index in [9.17, 15) is 4.79 Å². The fourth-order valence-electron chi connectivity index (χ4n) is 2.09. The Morgan fingerprint density at radius 3 is 2.74 bits per heavy atom. The first kappa shape index (κ1) is 11.4. The Bertz CT molecular complexity index is 760. The average molecular weight is 253 g/mol. The molecule has 19 heavy (non-hydrogen) atoms. The topological polar surface area (TPSA) is 78.9 Å². The van der Waals surface area contributed by atoms with Crippen LogP contribution < -0.4 is 0 Å². The number of nitrogens with zero attached hydrogens (tertiary/aromatic N) is 2. The van der Waals surface area contributed by atoms with Crippen molar-refractivity contribution in [3.8, 4) is 11.1 Å². The molecule has 1 aromatic carbocycles. The molecule has 3 rings (SSSR count). The monoisotopic (exact) mass is 253 g/mol. The van der Waals surface area contributed by atoms with Crippen LogP contribution in [-0.4, -0.2) is 26.3 Å². The van der Waals surface area contributed by atoms with Crippen LogP contribution in [0.1, 0.15) is 16.1 Å². The van der Waals surface area contributed by atoms with Crippen molar-refractivity contribution >= 4 is 16.9 Å². The van der Waals surface area contributed by atoms with E-state index < -0.39 is 5.97 Å². The molecule has 0 bridgehead atoms. The van der Waals surface area contributed by atoms with E-state index in [0.717, 1.165) is 27.6 Å². The van der Waals surface area contributed by atoms with Crippen LogP contribution in [0.4, 0.5) is 0 Å². The molecule has 0 amide bonds. The molecule has 0 unspecified atom stereocenters. The average Bonchev–Trinajstić information content (AvgIpc) is 2.87. The molecule has 5 nitrogen and oxygen atoms in total. The van der Waals surface area contributed by atoms with Gasteiger partial charge in [0.1, 0.15) is 5.69 Å². The minimum absolute atomic E-state index is 0.0462. The van der Waals surface area contributed by atoms with Crippen molar-refractivity contribution in [3.05, 3.63) is 47.9 Å². The fraction of sp³-hybridized carbons (Fsp3) is 0.0714. The zero-order valence-corrected chi connectivity index (χ0v) is 10.2. The van der Waals surface area contributed by atoms with Crippen LogP contribution in [0, 0.1) is 6.92 Å². The third-order valence-corrected chi connectivity index (χ3v) is 3.06. The van der Waals surface area contributed by atoms with Crippen LogP contribution in [0.3, 0.4) is 0 Å². The van der Waals surface area contributed by atoms with E-state index in [4.69, 9.17) is 5.11 Å². The van der Waals surface area contributed by atoms with Crippen LogP contribution in [0.25, 0.3) is 22.0 Å². The van der Waals surface area contributed by atoms with Gasteiger partial charge >= 0.3 is 5.97 Å². The fourth-order valence-corrected chi connectivity index (χ4v) is 2.09. The second kappa shape index (κ2) is 4.20. The van der Waals surface area contributed by atoms with Crippen molar-refractivity contribution in [2.24, 2.45) is 0 Å². The van der Waals surface area contributed by atoms with Gasteiger partial charge in [0, 0.05) is 17.1 Å². The Hall–Kier alpha value is -2.69. The van der Waals surface area contributed by atoms with Crippen LogP contribution >= 0.6 is 0 Å². The van der Waals surface area contributed by atoms with E-state index in [2.05, 4.69) is 15.2 Å². The highest BCUT2D eigenvalue weighted by atomic mass is 16.4. The summed E-state index contributed by atoms with van der Waals surface area (Å²) in [6, 6.07) is 7.30. The maximum absolute atomic E-state index is 10.8. The summed E-state index contributed by atoms with van der Waals surface area (Å²) in [4.78, 5) is 14.7. The molecule has 2 aromatic heterocycles. The van der Waals surface area contributed by atoms with Crippen LogP contribution in [0.5, 0.6) is 0 Å². The molecule has 3 aromatic rings. The molecule has 0 aliphatic heterocycles. The van der Waals surface area contributed by atoms with Gasteiger partial charge in [-0.05, 0) is 36.2 Å². The number of benzene rings is 1. The molecular formula is C14H11N3O2. The standard InChI is InChI=1S/C14H11N3O2/c1-8-4-10(5-11-7-16-17-13(8)11)9-2-3-12(14(18)19)15-6-9/h2-7H,1H3,(H,16,17)(H,18,19). The second-order valence-corrected chi connectivity index (χ2v) is 4.36. The maximum atomic E-state index is 10.8. The van der Waals surface area contributed by atoms with E-state index in [1.54, 1.807) is 18.5 Å². The molecule has 0 spiro atoms. The Morgan fingerprint density at radius 1 is 1.21 bits per heavy atom. The second-order valence-electron chi connectivity index (χ2n) is 4.36. The van der Waals surface area contributed by atoms with E-state index in [0.29, 0.717) is 0 Å². The van der Waals surface area contributed by atoms with E-state index in [1.165, 1.54) is 6.07 Å². The van der Waals surface area contributed by atoms with Crippen molar-refractivity contribution in [1.82, 2.24) is 15.2 Å². The number of aromatic nitrogens is 3. The Morgan fingerprint density at radius 2 is 2.05 bits per heavy atom. The normalized spacial score (nSPS) is 10.8. The Kier molecular flexibility index (Phi) is 2.52. The Labute approximate surface area is 108 Å². The highest BCUT2D eigenvalue weighted by Crippen LogP contribution is 2.25. The third kappa shape index (κ3) is 1.95. The number of fused-ring (bicyclic) bond motifs is 1. The number of H-pyrrole nitrogens is 1. The molecule has 0 atom stereocenters. The lowest BCUT2D eigenvalue weighted by Gasteiger charge is -2.04. The van der Waals surface area contributed by atoms with Gasteiger partial charge in [-0.2, -0.15) is 5.10 Å². The minimum Gasteiger partial charge on any atom is -0.477 e. The lowest BCUT2D eigenvalue weighted by Crippen LogP contribution is -1.99.